The zero-order chi connectivity index (χ0) is 15.6. The molecule has 0 spiro atoms. The first-order chi connectivity index (χ1) is 9.83. The van der Waals surface area contributed by atoms with Crippen LogP contribution in [0.3, 0.4) is 0 Å². The van der Waals surface area contributed by atoms with E-state index >= 15 is 0 Å². The molecular weight excluding hydrogens is 314 g/mol. The van der Waals surface area contributed by atoms with Gasteiger partial charge in [-0.2, -0.15) is 5.10 Å². The topological polar surface area (TPSA) is 84.2 Å². The van der Waals surface area contributed by atoms with Crippen molar-refractivity contribution in [1.82, 2.24) is 14.5 Å². The quantitative estimate of drug-likeness (QED) is 0.867. The number of aromatic nitrogens is 2. The first-order valence-corrected chi connectivity index (χ1v) is 8.06. The van der Waals surface area contributed by atoms with E-state index in [4.69, 9.17) is 11.6 Å². The van der Waals surface area contributed by atoms with Gasteiger partial charge >= 0.3 is 0 Å². The predicted octanol–water partition coefficient (Wildman–Crippen LogP) is 1.35. The molecule has 0 saturated heterocycles. The van der Waals surface area contributed by atoms with Gasteiger partial charge in [0, 0.05) is 30.4 Å². The van der Waals surface area contributed by atoms with Gasteiger partial charge in [0.15, 0.2) is 0 Å². The summed E-state index contributed by atoms with van der Waals surface area (Å²) in [6.45, 7) is 1.51. The molecule has 1 heterocycles. The fourth-order valence-electron chi connectivity index (χ4n) is 1.97. The summed E-state index contributed by atoms with van der Waals surface area (Å²) in [5.41, 5.74) is 1.73. The molecule has 21 heavy (non-hydrogen) atoms. The van der Waals surface area contributed by atoms with Crippen molar-refractivity contribution in [3.8, 4) is 0 Å². The van der Waals surface area contributed by atoms with Crippen molar-refractivity contribution in [1.29, 1.82) is 0 Å². The molecule has 0 aliphatic carbocycles. The van der Waals surface area contributed by atoms with E-state index in [1.54, 1.807) is 37.1 Å². The molecule has 0 atom stereocenters. The average Bonchev–Trinajstić information content (AvgIpc) is 2.84. The maximum atomic E-state index is 12.4. The number of sulfonamides is 1. The summed E-state index contributed by atoms with van der Waals surface area (Å²) in [5.74, 6) is 0. The SMILES string of the molecule is Cc1c(CO)cc(Cl)cc1S(=O)(=O)NCc1cnn(C)c1. The van der Waals surface area contributed by atoms with Crippen LogP contribution in [0.1, 0.15) is 16.7 Å². The minimum absolute atomic E-state index is 0.0722. The van der Waals surface area contributed by atoms with Crippen molar-refractivity contribution in [3.05, 3.63) is 46.2 Å². The summed E-state index contributed by atoms with van der Waals surface area (Å²) >= 11 is 5.91. The normalized spacial score (nSPS) is 11.8. The van der Waals surface area contributed by atoms with E-state index in [-0.39, 0.29) is 23.1 Å². The maximum absolute atomic E-state index is 12.4. The third-order valence-corrected chi connectivity index (χ3v) is 4.86. The molecule has 0 radical (unpaired) electrons. The molecule has 1 aromatic heterocycles. The van der Waals surface area contributed by atoms with Crippen LogP contribution in [0, 0.1) is 6.92 Å². The van der Waals surface area contributed by atoms with E-state index < -0.39 is 10.0 Å². The highest BCUT2D eigenvalue weighted by Gasteiger charge is 2.19. The van der Waals surface area contributed by atoms with Crippen LogP contribution in [0.15, 0.2) is 29.4 Å². The highest BCUT2D eigenvalue weighted by Crippen LogP contribution is 2.24. The summed E-state index contributed by atoms with van der Waals surface area (Å²) < 4.78 is 28.8. The van der Waals surface area contributed by atoms with E-state index in [0.29, 0.717) is 11.1 Å². The number of hydrogen-bond donors (Lipinski definition) is 2. The summed E-state index contributed by atoms with van der Waals surface area (Å²) in [6, 6.07) is 2.93. The van der Waals surface area contributed by atoms with Crippen molar-refractivity contribution in [2.75, 3.05) is 0 Å². The molecule has 0 aliphatic heterocycles. The van der Waals surface area contributed by atoms with Gasteiger partial charge in [0.05, 0.1) is 17.7 Å². The minimum atomic E-state index is -3.72. The number of nitrogens with zero attached hydrogens (tertiary/aromatic N) is 2. The van der Waals surface area contributed by atoms with Gasteiger partial charge in [-0.15, -0.1) is 0 Å². The number of rotatable bonds is 5. The lowest BCUT2D eigenvalue weighted by molar-refractivity contribution is 0.280. The Labute approximate surface area is 128 Å². The number of nitrogens with one attached hydrogen (secondary N) is 1. The molecule has 0 saturated carbocycles. The standard InChI is InChI=1S/C13H16ClN3O3S/c1-9-11(8-18)3-12(14)4-13(9)21(19,20)16-6-10-5-15-17(2)7-10/h3-5,7,16,18H,6,8H2,1-2H3. The Hall–Kier alpha value is -1.41. The maximum Gasteiger partial charge on any atom is 0.241 e. The van der Waals surface area contributed by atoms with Gasteiger partial charge in [-0.25, -0.2) is 13.1 Å². The Balaban J connectivity index is 2.29. The molecule has 0 amide bonds. The van der Waals surface area contributed by atoms with Crippen molar-refractivity contribution in [3.63, 3.8) is 0 Å². The van der Waals surface area contributed by atoms with Crippen LogP contribution in [-0.4, -0.2) is 23.3 Å². The number of benzene rings is 1. The van der Waals surface area contributed by atoms with Gasteiger partial charge in [-0.05, 0) is 30.2 Å². The van der Waals surface area contributed by atoms with Gasteiger partial charge in [-0.3, -0.25) is 4.68 Å². The second kappa shape index (κ2) is 6.15. The van der Waals surface area contributed by atoms with Crippen LogP contribution >= 0.6 is 11.6 Å². The molecule has 2 N–H and O–H groups in total. The zero-order valence-corrected chi connectivity index (χ0v) is 13.2. The molecular formula is C13H16ClN3O3S. The lowest BCUT2D eigenvalue weighted by atomic mass is 10.1. The van der Waals surface area contributed by atoms with Crippen LogP contribution < -0.4 is 4.72 Å². The molecule has 114 valence electrons. The summed E-state index contributed by atoms with van der Waals surface area (Å²) in [6.07, 6.45) is 3.32. The van der Waals surface area contributed by atoms with Crippen molar-refractivity contribution >= 4 is 21.6 Å². The Bertz CT molecular complexity index is 756. The van der Waals surface area contributed by atoms with Crippen molar-refractivity contribution < 1.29 is 13.5 Å². The average molecular weight is 330 g/mol. The fourth-order valence-corrected chi connectivity index (χ4v) is 3.60. The van der Waals surface area contributed by atoms with E-state index in [9.17, 15) is 13.5 Å². The number of aliphatic hydroxyl groups excluding tert-OH is 1. The first kappa shape index (κ1) is 16.0. The molecule has 2 aromatic rings. The third kappa shape index (κ3) is 3.62. The monoisotopic (exact) mass is 329 g/mol. The molecule has 1 aromatic carbocycles. The van der Waals surface area contributed by atoms with Gasteiger partial charge in [0.25, 0.3) is 0 Å². The van der Waals surface area contributed by atoms with Crippen LogP contribution in [0.4, 0.5) is 0 Å². The second-order valence-electron chi connectivity index (χ2n) is 4.69. The molecule has 0 bridgehead atoms. The zero-order valence-electron chi connectivity index (χ0n) is 11.7. The number of hydrogen-bond acceptors (Lipinski definition) is 4. The molecule has 6 nitrogen and oxygen atoms in total. The Morgan fingerprint density at radius 1 is 1.43 bits per heavy atom. The summed E-state index contributed by atoms with van der Waals surface area (Å²) in [7, 11) is -1.96. The highest BCUT2D eigenvalue weighted by atomic mass is 35.5. The van der Waals surface area contributed by atoms with Gasteiger partial charge in [0.1, 0.15) is 0 Å². The third-order valence-electron chi connectivity index (χ3n) is 3.12. The summed E-state index contributed by atoms with van der Waals surface area (Å²) in [4.78, 5) is 0.0722. The van der Waals surface area contributed by atoms with Crippen LogP contribution in [-0.2, 0) is 30.2 Å². The lowest BCUT2D eigenvalue weighted by Gasteiger charge is -2.12. The lowest BCUT2D eigenvalue weighted by Crippen LogP contribution is -2.24. The largest absolute Gasteiger partial charge is 0.392 e. The van der Waals surface area contributed by atoms with Crippen molar-refractivity contribution in [2.45, 2.75) is 25.0 Å². The smallest absolute Gasteiger partial charge is 0.241 e. The number of aliphatic hydroxyl groups is 1. The van der Waals surface area contributed by atoms with Gasteiger partial charge < -0.3 is 5.11 Å². The first-order valence-electron chi connectivity index (χ1n) is 6.20. The van der Waals surface area contributed by atoms with E-state index in [2.05, 4.69) is 9.82 Å². The Morgan fingerprint density at radius 2 is 2.14 bits per heavy atom. The fraction of sp³-hybridized carbons (Fsp3) is 0.308. The van der Waals surface area contributed by atoms with E-state index in [1.807, 2.05) is 0 Å². The minimum Gasteiger partial charge on any atom is -0.392 e. The van der Waals surface area contributed by atoms with Gasteiger partial charge in [-0.1, -0.05) is 11.6 Å². The Morgan fingerprint density at radius 3 is 2.71 bits per heavy atom. The Kier molecular flexibility index (Phi) is 4.67. The highest BCUT2D eigenvalue weighted by molar-refractivity contribution is 7.89. The van der Waals surface area contributed by atoms with Crippen LogP contribution in [0.25, 0.3) is 0 Å². The molecule has 8 heteroatoms. The number of halogens is 1. The summed E-state index contributed by atoms with van der Waals surface area (Å²) in [5, 5.41) is 13.5. The second-order valence-corrected chi connectivity index (χ2v) is 6.86. The van der Waals surface area contributed by atoms with Gasteiger partial charge in [0.2, 0.25) is 10.0 Å². The molecule has 2 rings (SSSR count). The predicted molar refractivity (Wildman–Crippen MR) is 79.3 cm³/mol. The van der Waals surface area contributed by atoms with Crippen LogP contribution in [0.2, 0.25) is 5.02 Å². The molecule has 0 aliphatic rings. The molecule has 0 unspecified atom stereocenters. The van der Waals surface area contributed by atoms with Crippen molar-refractivity contribution in [2.24, 2.45) is 7.05 Å². The van der Waals surface area contributed by atoms with E-state index in [1.165, 1.54) is 6.07 Å². The molecule has 0 fully saturated rings. The number of aryl methyl sites for hydroxylation is 1. The van der Waals surface area contributed by atoms with E-state index in [0.717, 1.165) is 5.56 Å². The van der Waals surface area contributed by atoms with Crippen LogP contribution in [0.5, 0.6) is 0 Å².